The van der Waals surface area contributed by atoms with Gasteiger partial charge in [0.15, 0.2) is 18.1 Å². The molecule has 0 aliphatic carbocycles. The van der Waals surface area contributed by atoms with Crippen LogP contribution in [0.3, 0.4) is 0 Å². The number of thioether (sulfide) groups is 1. The first-order valence-electron chi connectivity index (χ1n) is 12.6. The van der Waals surface area contributed by atoms with E-state index >= 15 is 0 Å². The summed E-state index contributed by atoms with van der Waals surface area (Å²) in [5.74, 6) is -0.654. The summed E-state index contributed by atoms with van der Waals surface area (Å²) in [5, 5.41) is 4.98. The van der Waals surface area contributed by atoms with Crippen molar-refractivity contribution in [3.8, 4) is 11.5 Å². The number of methoxy groups -OCH3 is 1. The lowest BCUT2D eigenvalue weighted by atomic mass is 10.1. The maximum atomic E-state index is 12.9. The molecular formula is C30H29N3O6S. The number of amides is 4. The average Bonchev–Trinajstić information content (AvgIpc) is 3.21. The number of rotatable bonds is 10. The lowest BCUT2D eigenvalue weighted by Crippen LogP contribution is -2.36. The van der Waals surface area contributed by atoms with Crippen molar-refractivity contribution in [2.75, 3.05) is 30.9 Å². The van der Waals surface area contributed by atoms with E-state index in [1.54, 1.807) is 36.4 Å². The Labute approximate surface area is 236 Å². The van der Waals surface area contributed by atoms with Crippen LogP contribution in [0.15, 0.2) is 71.6 Å². The summed E-state index contributed by atoms with van der Waals surface area (Å²) in [6.07, 6.45) is 2.42. The lowest BCUT2D eigenvalue weighted by Gasteiger charge is -2.13. The Hall–Kier alpha value is -4.57. The molecule has 2 N–H and O–H groups in total. The summed E-state index contributed by atoms with van der Waals surface area (Å²) in [5.41, 5.74) is 3.94. The number of anilines is 2. The number of hydrogen-bond donors (Lipinski definition) is 2. The highest BCUT2D eigenvalue weighted by Crippen LogP contribution is 2.34. The number of carbonyl (C=O) groups is 4. The topological polar surface area (TPSA) is 114 Å². The van der Waals surface area contributed by atoms with E-state index in [0.717, 1.165) is 34.2 Å². The highest BCUT2D eigenvalue weighted by Gasteiger charge is 2.36. The molecule has 10 heteroatoms. The Kier molecular flexibility index (Phi) is 9.23. The van der Waals surface area contributed by atoms with Gasteiger partial charge in [0.2, 0.25) is 5.91 Å². The van der Waals surface area contributed by atoms with Crippen LogP contribution in [0.4, 0.5) is 16.2 Å². The van der Waals surface area contributed by atoms with Gasteiger partial charge in [-0.3, -0.25) is 24.1 Å². The summed E-state index contributed by atoms with van der Waals surface area (Å²) in [6.45, 7) is 3.31. The van der Waals surface area contributed by atoms with E-state index in [4.69, 9.17) is 9.47 Å². The molecular weight excluding hydrogens is 530 g/mol. The number of nitrogens with one attached hydrogen (secondary N) is 2. The molecule has 40 heavy (non-hydrogen) atoms. The molecule has 9 nitrogen and oxygen atoms in total. The Morgan fingerprint density at radius 1 is 0.950 bits per heavy atom. The van der Waals surface area contributed by atoms with Crippen LogP contribution in [-0.2, 0) is 20.8 Å². The molecule has 206 valence electrons. The van der Waals surface area contributed by atoms with Crippen LogP contribution < -0.4 is 20.1 Å². The second-order valence-corrected chi connectivity index (χ2v) is 9.92. The fourth-order valence-corrected chi connectivity index (χ4v) is 4.73. The summed E-state index contributed by atoms with van der Waals surface area (Å²) >= 11 is 0.757. The molecule has 4 amide bonds. The Morgan fingerprint density at radius 3 is 2.40 bits per heavy atom. The molecule has 0 atom stereocenters. The van der Waals surface area contributed by atoms with Crippen LogP contribution in [0.25, 0.3) is 6.08 Å². The molecule has 4 rings (SSSR count). The van der Waals surface area contributed by atoms with E-state index < -0.39 is 23.6 Å². The van der Waals surface area contributed by atoms with Crippen molar-refractivity contribution >= 4 is 52.2 Å². The number of nitrogens with zero attached hydrogens (tertiary/aromatic N) is 1. The average molecular weight is 560 g/mol. The van der Waals surface area contributed by atoms with Crippen LogP contribution in [-0.4, -0.2) is 48.1 Å². The van der Waals surface area contributed by atoms with E-state index in [2.05, 4.69) is 10.6 Å². The van der Waals surface area contributed by atoms with Crippen molar-refractivity contribution in [2.24, 2.45) is 0 Å². The van der Waals surface area contributed by atoms with Crippen molar-refractivity contribution in [3.05, 3.63) is 88.3 Å². The highest BCUT2D eigenvalue weighted by molar-refractivity contribution is 8.18. The number of carbonyl (C=O) groups excluding carboxylic acids is 4. The predicted octanol–water partition coefficient (Wildman–Crippen LogP) is 5.26. The largest absolute Gasteiger partial charge is 0.493 e. The molecule has 0 unspecified atom stereocenters. The predicted molar refractivity (Wildman–Crippen MR) is 155 cm³/mol. The van der Waals surface area contributed by atoms with Gasteiger partial charge < -0.3 is 20.1 Å². The Bertz CT molecular complexity index is 1470. The Morgan fingerprint density at radius 2 is 1.70 bits per heavy atom. The van der Waals surface area contributed by atoms with Crippen LogP contribution in [0.1, 0.15) is 23.6 Å². The van der Waals surface area contributed by atoms with Gasteiger partial charge in [-0.15, -0.1) is 0 Å². The summed E-state index contributed by atoms with van der Waals surface area (Å²) in [6, 6.07) is 19.7. The zero-order valence-electron chi connectivity index (χ0n) is 22.4. The quantitative estimate of drug-likeness (QED) is 0.326. The molecule has 1 aliphatic rings. The number of benzene rings is 3. The van der Waals surface area contributed by atoms with Crippen molar-refractivity contribution in [2.45, 2.75) is 20.3 Å². The third-order valence-electron chi connectivity index (χ3n) is 6.08. The maximum absolute atomic E-state index is 12.9. The zero-order chi connectivity index (χ0) is 28.6. The van der Waals surface area contributed by atoms with E-state index in [1.807, 2.05) is 50.2 Å². The SMILES string of the molecule is CCc1ccc(NC(=O)CN2C(=O)S/C(=C\c3ccc(OCC(=O)Nc4ccccc4C)c(OC)c3)C2=O)cc1. The first kappa shape index (κ1) is 28.4. The van der Waals surface area contributed by atoms with Gasteiger partial charge in [-0.25, -0.2) is 0 Å². The van der Waals surface area contributed by atoms with Gasteiger partial charge in [0, 0.05) is 11.4 Å². The van der Waals surface area contributed by atoms with Gasteiger partial charge in [-0.05, 0) is 78.2 Å². The molecule has 1 aliphatic heterocycles. The first-order valence-corrected chi connectivity index (χ1v) is 13.4. The van der Waals surface area contributed by atoms with Crippen LogP contribution in [0.5, 0.6) is 11.5 Å². The Balaban J connectivity index is 1.37. The summed E-state index contributed by atoms with van der Waals surface area (Å²) < 4.78 is 11.1. The molecule has 1 fully saturated rings. The second-order valence-electron chi connectivity index (χ2n) is 8.93. The molecule has 0 aromatic heterocycles. The van der Waals surface area contributed by atoms with Crippen LogP contribution in [0.2, 0.25) is 0 Å². The molecule has 1 heterocycles. The minimum absolute atomic E-state index is 0.179. The molecule has 0 saturated carbocycles. The maximum Gasteiger partial charge on any atom is 0.294 e. The van der Waals surface area contributed by atoms with Crippen molar-refractivity contribution in [3.63, 3.8) is 0 Å². The third-order valence-corrected chi connectivity index (χ3v) is 6.99. The van der Waals surface area contributed by atoms with Gasteiger partial charge in [0.1, 0.15) is 6.54 Å². The van der Waals surface area contributed by atoms with Crippen molar-refractivity contribution in [1.29, 1.82) is 0 Å². The molecule has 0 spiro atoms. The van der Waals surface area contributed by atoms with Gasteiger partial charge in [0.05, 0.1) is 12.0 Å². The molecule has 1 saturated heterocycles. The number of imide groups is 1. The minimum Gasteiger partial charge on any atom is -0.493 e. The normalized spacial score (nSPS) is 13.9. The van der Waals surface area contributed by atoms with Crippen molar-refractivity contribution < 1.29 is 28.7 Å². The zero-order valence-corrected chi connectivity index (χ0v) is 23.2. The molecule has 0 bridgehead atoms. The fraction of sp³-hybridized carbons (Fsp3) is 0.200. The monoisotopic (exact) mass is 559 g/mol. The number of aryl methyl sites for hydroxylation is 2. The van der Waals surface area contributed by atoms with Crippen molar-refractivity contribution in [1.82, 2.24) is 4.90 Å². The van der Waals surface area contributed by atoms with Gasteiger partial charge in [-0.1, -0.05) is 43.3 Å². The number of hydrogen-bond acceptors (Lipinski definition) is 7. The van der Waals surface area contributed by atoms with E-state index in [0.29, 0.717) is 28.4 Å². The van der Waals surface area contributed by atoms with Gasteiger partial charge >= 0.3 is 0 Å². The number of ether oxygens (including phenoxy) is 2. The fourth-order valence-electron chi connectivity index (χ4n) is 3.89. The highest BCUT2D eigenvalue weighted by atomic mass is 32.2. The third kappa shape index (κ3) is 7.09. The summed E-state index contributed by atoms with van der Waals surface area (Å²) in [7, 11) is 1.46. The number of para-hydroxylation sites is 1. The molecule has 3 aromatic rings. The van der Waals surface area contributed by atoms with E-state index in [9.17, 15) is 19.2 Å². The van der Waals surface area contributed by atoms with E-state index in [-0.39, 0.29) is 17.4 Å². The first-order chi connectivity index (χ1) is 19.3. The minimum atomic E-state index is -0.557. The van der Waals surface area contributed by atoms with E-state index in [1.165, 1.54) is 7.11 Å². The van der Waals surface area contributed by atoms with Gasteiger partial charge in [-0.2, -0.15) is 0 Å². The van der Waals surface area contributed by atoms with Gasteiger partial charge in [0.25, 0.3) is 17.1 Å². The smallest absolute Gasteiger partial charge is 0.294 e. The lowest BCUT2D eigenvalue weighted by molar-refractivity contribution is -0.127. The second kappa shape index (κ2) is 13.0. The molecule has 3 aromatic carbocycles. The molecule has 0 radical (unpaired) electrons. The summed E-state index contributed by atoms with van der Waals surface area (Å²) in [4.78, 5) is 51.3. The van der Waals surface area contributed by atoms with Crippen LogP contribution >= 0.6 is 11.8 Å². The standard InChI is InChI=1S/C30H29N3O6S/c1-4-20-9-12-22(13-10-20)31-27(34)17-33-29(36)26(40-30(33)37)16-21-11-14-24(25(15-21)38-3)39-18-28(35)32-23-8-6-5-7-19(23)2/h5-16H,4,17-18H2,1-3H3,(H,31,34)(H,32,35)/b26-16-. The van der Waals surface area contributed by atoms with Crippen LogP contribution in [0, 0.1) is 6.92 Å².